The Balaban J connectivity index is 3.13. The van der Waals surface area contributed by atoms with Crippen LogP contribution >= 0.6 is 0 Å². The fourth-order valence-corrected chi connectivity index (χ4v) is 2.49. The van der Waals surface area contributed by atoms with E-state index in [1.54, 1.807) is 7.11 Å². The standard InChI is InChI=1S/C17H24O/c1-7-8-9-10-12(2)17-13(3)11-16(18-6)14(4)15(17)5/h11-12H,7,10H2,1-6H3. The average molecular weight is 244 g/mol. The minimum absolute atomic E-state index is 0.480. The number of benzene rings is 1. The van der Waals surface area contributed by atoms with Crippen molar-refractivity contribution in [1.82, 2.24) is 0 Å². The first-order chi connectivity index (χ1) is 8.52. The summed E-state index contributed by atoms with van der Waals surface area (Å²) in [5, 5.41) is 0. The van der Waals surface area contributed by atoms with Crippen molar-refractivity contribution in [3.63, 3.8) is 0 Å². The van der Waals surface area contributed by atoms with Gasteiger partial charge in [0.1, 0.15) is 5.75 Å². The van der Waals surface area contributed by atoms with Gasteiger partial charge >= 0.3 is 0 Å². The molecule has 1 heteroatoms. The third-order valence-electron chi connectivity index (χ3n) is 3.53. The van der Waals surface area contributed by atoms with Crippen molar-refractivity contribution < 1.29 is 4.74 Å². The smallest absolute Gasteiger partial charge is 0.122 e. The molecule has 0 aliphatic rings. The number of aryl methyl sites for hydroxylation is 1. The van der Waals surface area contributed by atoms with Crippen molar-refractivity contribution in [3.05, 3.63) is 28.3 Å². The van der Waals surface area contributed by atoms with E-state index < -0.39 is 0 Å². The lowest BCUT2D eigenvalue weighted by Crippen LogP contribution is -2.03. The molecule has 1 rings (SSSR count). The minimum atomic E-state index is 0.480. The van der Waals surface area contributed by atoms with E-state index in [9.17, 15) is 0 Å². The molecule has 0 radical (unpaired) electrons. The monoisotopic (exact) mass is 244 g/mol. The molecular weight excluding hydrogens is 220 g/mol. The van der Waals surface area contributed by atoms with Gasteiger partial charge in [-0.2, -0.15) is 0 Å². The molecule has 1 atom stereocenters. The molecule has 1 aromatic rings. The van der Waals surface area contributed by atoms with Gasteiger partial charge in [0.2, 0.25) is 0 Å². The molecule has 0 saturated heterocycles. The first-order valence-corrected chi connectivity index (χ1v) is 6.63. The van der Waals surface area contributed by atoms with E-state index in [1.165, 1.54) is 22.3 Å². The van der Waals surface area contributed by atoms with E-state index in [1.807, 2.05) is 0 Å². The van der Waals surface area contributed by atoms with Gasteiger partial charge in [-0.3, -0.25) is 0 Å². The van der Waals surface area contributed by atoms with Gasteiger partial charge in [0, 0.05) is 12.8 Å². The maximum Gasteiger partial charge on any atom is 0.122 e. The number of rotatable bonds is 3. The van der Waals surface area contributed by atoms with Crippen molar-refractivity contribution in [2.45, 2.75) is 53.4 Å². The summed E-state index contributed by atoms with van der Waals surface area (Å²) in [6.07, 6.45) is 1.87. The molecule has 0 aromatic heterocycles. The fourth-order valence-electron chi connectivity index (χ4n) is 2.49. The van der Waals surface area contributed by atoms with Gasteiger partial charge in [0.25, 0.3) is 0 Å². The van der Waals surface area contributed by atoms with E-state index >= 15 is 0 Å². The zero-order chi connectivity index (χ0) is 13.7. The molecule has 0 bridgehead atoms. The lowest BCUT2D eigenvalue weighted by atomic mass is 9.87. The number of hydrogen-bond donors (Lipinski definition) is 0. The highest BCUT2D eigenvalue weighted by Gasteiger charge is 2.15. The Morgan fingerprint density at radius 3 is 2.39 bits per heavy atom. The molecule has 0 amide bonds. The Kier molecular flexibility index (Phi) is 5.28. The van der Waals surface area contributed by atoms with Crippen molar-refractivity contribution in [2.24, 2.45) is 0 Å². The number of methoxy groups -OCH3 is 1. The quantitative estimate of drug-likeness (QED) is 0.710. The van der Waals surface area contributed by atoms with Crippen LogP contribution in [0.2, 0.25) is 0 Å². The SMILES string of the molecule is CCC#CCC(C)c1c(C)cc(OC)c(C)c1C. The topological polar surface area (TPSA) is 9.23 Å². The molecule has 18 heavy (non-hydrogen) atoms. The fraction of sp³-hybridized carbons (Fsp3) is 0.529. The molecule has 0 aliphatic carbocycles. The Bertz CT molecular complexity index is 475. The van der Waals surface area contributed by atoms with Gasteiger partial charge in [-0.05, 0) is 55.0 Å². The van der Waals surface area contributed by atoms with E-state index in [0.29, 0.717) is 5.92 Å². The summed E-state index contributed by atoms with van der Waals surface area (Å²) >= 11 is 0. The summed E-state index contributed by atoms with van der Waals surface area (Å²) in [6, 6.07) is 2.14. The first kappa shape index (κ1) is 14.6. The Morgan fingerprint density at radius 2 is 1.83 bits per heavy atom. The highest BCUT2D eigenvalue weighted by Crippen LogP contribution is 2.33. The van der Waals surface area contributed by atoms with Crippen molar-refractivity contribution in [2.75, 3.05) is 7.11 Å². The average Bonchev–Trinajstić information content (AvgIpc) is 2.34. The van der Waals surface area contributed by atoms with Gasteiger partial charge in [-0.15, -0.1) is 11.8 Å². The third-order valence-corrected chi connectivity index (χ3v) is 3.53. The zero-order valence-electron chi connectivity index (χ0n) is 12.5. The minimum Gasteiger partial charge on any atom is -0.496 e. The van der Waals surface area contributed by atoms with Crippen LogP contribution in [0.1, 0.15) is 54.9 Å². The first-order valence-electron chi connectivity index (χ1n) is 6.63. The predicted molar refractivity (Wildman–Crippen MR) is 78.3 cm³/mol. The molecular formula is C17H24O. The summed E-state index contributed by atoms with van der Waals surface area (Å²) in [6.45, 7) is 10.8. The van der Waals surface area contributed by atoms with Gasteiger partial charge in [-0.25, -0.2) is 0 Å². The molecule has 1 nitrogen and oxygen atoms in total. The van der Waals surface area contributed by atoms with Crippen LogP contribution < -0.4 is 4.74 Å². The van der Waals surface area contributed by atoms with Crippen molar-refractivity contribution in [1.29, 1.82) is 0 Å². The van der Waals surface area contributed by atoms with Gasteiger partial charge < -0.3 is 4.74 Å². The molecule has 1 unspecified atom stereocenters. The summed E-state index contributed by atoms with van der Waals surface area (Å²) in [5.74, 6) is 7.87. The molecule has 0 spiro atoms. The predicted octanol–water partition coefficient (Wildman–Crippen LogP) is 4.53. The summed E-state index contributed by atoms with van der Waals surface area (Å²) in [4.78, 5) is 0. The summed E-state index contributed by atoms with van der Waals surface area (Å²) < 4.78 is 5.41. The maximum absolute atomic E-state index is 5.41. The van der Waals surface area contributed by atoms with Crippen molar-refractivity contribution in [3.8, 4) is 17.6 Å². The van der Waals surface area contributed by atoms with E-state index in [-0.39, 0.29) is 0 Å². The molecule has 0 saturated carbocycles. The van der Waals surface area contributed by atoms with Gasteiger partial charge in [-0.1, -0.05) is 13.8 Å². The zero-order valence-corrected chi connectivity index (χ0v) is 12.5. The van der Waals surface area contributed by atoms with Crippen LogP contribution in [0.3, 0.4) is 0 Å². The Morgan fingerprint density at radius 1 is 1.17 bits per heavy atom. The van der Waals surface area contributed by atoms with Crippen LogP contribution in [0.5, 0.6) is 5.75 Å². The highest BCUT2D eigenvalue weighted by molar-refractivity contribution is 5.49. The van der Waals surface area contributed by atoms with E-state index in [2.05, 4.69) is 52.5 Å². The van der Waals surface area contributed by atoms with E-state index in [0.717, 1.165) is 18.6 Å². The van der Waals surface area contributed by atoms with Gasteiger partial charge in [0.05, 0.1) is 7.11 Å². The second-order valence-corrected chi connectivity index (χ2v) is 4.87. The number of hydrogen-bond acceptors (Lipinski definition) is 1. The number of ether oxygens (including phenoxy) is 1. The van der Waals surface area contributed by atoms with Crippen LogP contribution in [-0.2, 0) is 0 Å². The Labute approximate surface area is 112 Å². The van der Waals surface area contributed by atoms with Crippen molar-refractivity contribution >= 4 is 0 Å². The van der Waals surface area contributed by atoms with Crippen LogP contribution in [-0.4, -0.2) is 7.11 Å². The normalized spacial score (nSPS) is 11.7. The molecule has 1 aromatic carbocycles. The lowest BCUT2D eigenvalue weighted by molar-refractivity contribution is 0.410. The van der Waals surface area contributed by atoms with E-state index in [4.69, 9.17) is 4.74 Å². The van der Waals surface area contributed by atoms with Gasteiger partial charge in [0.15, 0.2) is 0 Å². The maximum atomic E-state index is 5.41. The molecule has 0 fully saturated rings. The van der Waals surface area contributed by atoms with Crippen LogP contribution in [0.4, 0.5) is 0 Å². The third kappa shape index (κ3) is 3.07. The summed E-state index contributed by atoms with van der Waals surface area (Å²) in [5.41, 5.74) is 5.32. The van der Waals surface area contributed by atoms with Crippen LogP contribution in [0, 0.1) is 32.6 Å². The molecule has 98 valence electrons. The van der Waals surface area contributed by atoms with Crippen LogP contribution in [0.25, 0.3) is 0 Å². The summed E-state index contributed by atoms with van der Waals surface area (Å²) in [7, 11) is 1.73. The lowest BCUT2D eigenvalue weighted by Gasteiger charge is -2.19. The Hall–Kier alpha value is -1.42. The second kappa shape index (κ2) is 6.50. The molecule has 0 heterocycles. The highest BCUT2D eigenvalue weighted by atomic mass is 16.5. The second-order valence-electron chi connectivity index (χ2n) is 4.87. The largest absolute Gasteiger partial charge is 0.496 e. The van der Waals surface area contributed by atoms with Crippen LogP contribution in [0.15, 0.2) is 6.07 Å². The molecule has 0 aliphatic heterocycles. The molecule has 0 N–H and O–H groups in total.